The van der Waals surface area contributed by atoms with Crippen LogP contribution in [0.1, 0.15) is 27.6 Å². The summed E-state index contributed by atoms with van der Waals surface area (Å²) in [6.07, 6.45) is 4.61. The minimum absolute atomic E-state index is 0.116. The summed E-state index contributed by atoms with van der Waals surface area (Å²) in [5, 5.41) is 2.97. The van der Waals surface area contributed by atoms with Gasteiger partial charge in [0.05, 0.1) is 11.0 Å². The van der Waals surface area contributed by atoms with Gasteiger partial charge in [-0.3, -0.25) is 4.79 Å². The van der Waals surface area contributed by atoms with Crippen molar-refractivity contribution in [3.63, 3.8) is 0 Å². The van der Waals surface area contributed by atoms with Crippen molar-refractivity contribution in [2.75, 3.05) is 5.32 Å². The molecule has 0 saturated heterocycles. The van der Waals surface area contributed by atoms with Crippen LogP contribution in [0.15, 0.2) is 54.9 Å². The number of anilines is 1. The van der Waals surface area contributed by atoms with Crippen molar-refractivity contribution < 1.29 is 4.79 Å². The number of hydrogen-bond acceptors (Lipinski definition) is 3. The molecule has 28 heavy (non-hydrogen) atoms. The van der Waals surface area contributed by atoms with Crippen LogP contribution in [-0.2, 0) is 20.0 Å². The lowest BCUT2D eigenvalue weighted by Gasteiger charge is -2.06. The molecule has 2 aromatic heterocycles. The smallest absolute Gasteiger partial charge is 0.255 e. The fraction of sp³-hybridized carbons (Fsp3) is 0.227. The van der Waals surface area contributed by atoms with Gasteiger partial charge in [-0.15, -0.1) is 0 Å². The van der Waals surface area contributed by atoms with Gasteiger partial charge < -0.3 is 14.5 Å². The molecular weight excluding hydrogens is 350 g/mol. The molecule has 0 spiro atoms. The second-order valence-electron chi connectivity index (χ2n) is 7.03. The van der Waals surface area contributed by atoms with Crippen molar-refractivity contribution in [3.05, 3.63) is 77.6 Å². The van der Waals surface area contributed by atoms with Crippen LogP contribution >= 0.6 is 0 Å². The second-order valence-corrected chi connectivity index (χ2v) is 7.03. The highest BCUT2D eigenvalue weighted by Crippen LogP contribution is 2.21. The number of hydrogen-bond donors (Lipinski definition) is 1. The molecule has 4 aromatic rings. The number of carbonyl (C=O) groups is 1. The zero-order valence-electron chi connectivity index (χ0n) is 16.3. The number of imidazole rings is 2. The molecule has 6 heteroatoms. The Morgan fingerprint density at radius 2 is 2.00 bits per heavy atom. The predicted octanol–water partition coefficient (Wildman–Crippen LogP) is 3.88. The van der Waals surface area contributed by atoms with Gasteiger partial charge in [-0.1, -0.05) is 17.7 Å². The largest absolute Gasteiger partial charge is 0.335 e. The zero-order valence-corrected chi connectivity index (χ0v) is 16.3. The lowest BCUT2D eigenvalue weighted by atomic mass is 10.1. The van der Waals surface area contributed by atoms with Gasteiger partial charge in [0.15, 0.2) is 0 Å². The molecule has 1 amide bonds. The van der Waals surface area contributed by atoms with Crippen molar-refractivity contribution >= 4 is 22.6 Å². The van der Waals surface area contributed by atoms with Crippen LogP contribution in [0, 0.1) is 13.8 Å². The number of aryl methyl sites for hydroxylation is 5. The lowest BCUT2D eigenvalue weighted by Crippen LogP contribution is -2.11. The van der Waals surface area contributed by atoms with E-state index in [4.69, 9.17) is 4.98 Å². The summed E-state index contributed by atoms with van der Waals surface area (Å²) < 4.78 is 4.22. The number of aromatic nitrogens is 4. The van der Waals surface area contributed by atoms with E-state index in [2.05, 4.69) is 19.4 Å². The maximum atomic E-state index is 12.5. The van der Waals surface area contributed by atoms with Gasteiger partial charge in [0.1, 0.15) is 11.6 Å². The van der Waals surface area contributed by atoms with E-state index in [1.807, 2.05) is 75.8 Å². The Labute approximate surface area is 163 Å². The number of amides is 1. The molecule has 4 rings (SSSR count). The summed E-state index contributed by atoms with van der Waals surface area (Å²) in [6.45, 7) is 4.81. The van der Waals surface area contributed by atoms with Crippen molar-refractivity contribution in [1.29, 1.82) is 0 Å². The van der Waals surface area contributed by atoms with Crippen LogP contribution in [0.5, 0.6) is 0 Å². The molecule has 0 aliphatic rings. The highest BCUT2D eigenvalue weighted by atomic mass is 16.1. The summed E-state index contributed by atoms with van der Waals surface area (Å²) in [4.78, 5) is 21.5. The van der Waals surface area contributed by atoms with Crippen molar-refractivity contribution in [1.82, 2.24) is 19.1 Å². The monoisotopic (exact) mass is 373 g/mol. The van der Waals surface area contributed by atoms with Gasteiger partial charge in [0.25, 0.3) is 5.91 Å². The SMILES string of the molecule is Cc1cccc(C(=O)Nc2ccc3c(c2)nc(CCn2ccnc2C)n3C)c1. The normalized spacial score (nSPS) is 11.1. The van der Waals surface area contributed by atoms with Crippen LogP contribution < -0.4 is 5.32 Å². The second kappa shape index (κ2) is 7.31. The molecule has 0 saturated carbocycles. The Hall–Kier alpha value is -3.41. The zero-order chi connectivity index (χ0) is 19.7. The number of carbonyl (C=O) groups excluding carboxylic acids is 1. The molecule has 0 bridgehead atoms. The van der Waals surface area contributed by atoms with Crippen molar-refractivity contribution in [3.8, 4) is 0 Å². The molecule has 0 aliphatic heterocycles. The van der Waals surface area contributed by atoms with E-state index in [0.717, 1.165) is 46.9 Å². The van der Waals surface area contributed by atoms with Gasteiger partial charge in [-0.25, -0.2) is 9.97 Å². The van der Waals surface area contributed by atoms with E-state index in [-0.39, 0.29) is 5.91 Å². The lowest BCUT2D eigenvalue weighted by molar-refractivity contribution is 0.102. The van der Waals surface area contributed by atoms with Gasteiger partial charge in [0.2, 0.25) is 0 Å². The summed E-state index contributed by atoms with van der Waals surface area (Å²) >= 11 is 0. The Morgan fingerprint density at radius 1 is 1.14 bits per heavy atom. The molecule has 1 N–H and O–H groups in total. The molecule has 0 radical (unpaired) electrons. The van der Waals surface area contributed by atoms with Crippen molar-refractivity contribution in [2.24, 2.45) is 7.05 Å². The standard InChI is InChI=1S/C22H23N5O/c1-15-5-4-6-17(13-15)22(28)24-18-7-8-20-19(14-18)25-21(26(20)3)9-11-27-12-10-23-16(27)2/h4-8,10,12-14H,9,11H2,1-3H3,(H,24,28). The quantitative estimate of drug-likeness (QED) is 0.577. The number of nitrogens with zero attached hydrogens (tertiary/aromatic N) is 4. The minimum Gasteiger partial charge on any atom is -0.335 e. The molecule has 6 nitrogen and oxygen atoms in total. The maximum absolute atomic E-state index is 12.5. The first kappa shape index (κ1) is 18.0. The van der Waals surface area contributed by atoms with Gasteiger partial charge >= 0.3 is 0 Å². The molecule has 2 aromatic carbocycles. The molecule has 0 aliphatic carbocycles. The Morgan fingerprint density at radius 3 is 2.75 bits per heavy atom. The fourth-order valence-corrected chi connectivity index (χ4v) is 3.40. The minimum atomic E-state index is -0.116. The Balaban J connectivity index is 1.54. The first-order valence-electron chi connectivity index (χ1n) is 9.32. The van der Waals surface area contributed by atoms with Crippen LogP contribution in [0.3, 0.4) is 0 Å². The van der Waals surface area contributed by atoms with E-state index in [1.54, 1.807) is 0 Å². The molecule has 142 valence electrons. The maximum Gasteiger partial charge on any atom is 0.255 e. The summed E-state index contributed by atoms with van der Waals surface area (Å²) in [5.74, 6) is 1.89. The van der Waals surface area contributed by atoms with E-state index in [0.29, 0.717) is 5.56 Å². The average Bonchev–Trinajstić information content (AvgIpc) is 3.22. The third-order valence-corrected chi connectivity index (χ3v) is 5.01. The topological polar surface area (TPSA) is 64.7 Å². The van der Waals surface area contributed by atoms with E-state index >= 15 is 0 Å². The van der Waals surface area contributed by atoms with Crippen LogP contribution in [0.2, 0.25) is 0 Å². The van der Waals surface area contributed by atoms with Gasteiger partial charge in [-0.05, 0) is 44.2 Å². The molecule has 2 heterocycles. The van der Waals surface area contributed by atoms with Gasteiger partial charge in [0, 0.05) is 43.7 Å². The number of benzene rings is 2. The highest BCUT2D eigenvalue weighted by molar-refractivity contribution is 6.05. The summed E-state index contributed by atoms with van der Waals surface area (Å²) in [5.41, 5.74) is 4.38. The molecular formula is C22H23N5O. The number of nitrogens with one attached hydrogen (secondary N) is 1. The van der Waals surface area contributed by atoms with Crippen LogP contribution in [0.25, 0.3) is 11.0 Å². The third kappa shape index (κ3) is 3.53. The van der Waals surface area contributed by atoms with Crippen LogP contribution in [-0.4, -0.2) is 25.0 Å². The molecule has 0 fully saturated rings. The molecule has 0 unspecified atom stereocenters. The average molecular weight is 373 g/mol. The number of rotatable bonds is 5. The summed E-state index contributed by atoms with van der Waals surface area (Å²) in [6, 6.07) is 13.4. The Kier molecular flexibility index (Phi) is 4.69. The Bertz CT molecular complexity index is 1150. The van der Waals surface area contributed by atoms with E-state index < -0.39 is 0 Å². The van der Waals surface area contributed by atoms with E-state index in [1.165, 1.54) is 0 Å². The van der Waals surface area contributed by atoms with Crippen molar-refractivity contribution in [2.45, 2.75) is 26.8 Å². The van der Waals surface area contributed by atoms with Crippen LogP contribution in [0.4, 0.5) is 5.69 Å². The van der Waals surface area contributed by atoms with E-state index in [9.17, 15) is 4.79 Å². The third-order valence-electron chi connectivity index (χ3n) is 5.01. The first-order valence-corrected chi connectivity index (χ1v) is 9.32. The first-order chi connectivity index (χ1) is 13.5. The highest BCUT2D eigenvalue weighted by Gasteiger charge is 2.11. The summed E-state index contributed by atoms with van der Waals surface area (Å²) in [7, 11) is 2.02. The van der Waals surface area contributed by atoms with Gasteiger partial charge in [-0.2, -0.15) is 0 Å². The fourth-order valence-electron chi connectivity index (χ4n) is 3.40. The number of fused-ring (bicyclic) bond motifs is 1. The predicted molar refractivity (Wildman–Crippen MR) is 111 cm³/mol. The molecule has 0 atom stereocenters.